The lowest BCUT2D eigenvalue weighted by atomic mass is 9.87. The second kappa shape index (κ2) is 25.9. The Morgan fingerprint density at radius 3 is 2.28 bits per heavy atom. The summed E-state index contributed by atoms with van der Waals surface area (Å²) in [6, 6.07) is -2.06. The number of aliphatic hydroxyl groups excluding tert-OH is 2. The lowest BCUT2D eigenvalue weighted by Crippen LogP contribution is -2.49. The Kier molecular flexibility index (Phi) is 22.3. The number of carboxylic acids is 1. The van der Waals surface area contributed by atoms with Crippen molar-refractivity contribution in [2.45, 2.75) is 75.8 Å². The first kappa shape index (κ1) is 58.6. The predicted molar refractivity (Wildman–Crippen MR) is 235 cm³/mol. The van der Waals surface area contributed by atoms with Crippen LogP contribution in [0.5, 0.6) is 0 Å². The smallest absolute Gasteiger partial charge is 0.480 e. The number of nitrogens with zero attached hydrogens (tertiary/aromatic N) is 4. The molecule has 0 radical (unpaired) electrons. The fraction of sp³-hybridized carbons (Fsp3) is 0.656. The van der Waals surface area contributed by atoms with Gasteiger partial charge in [0.05, 0.1) is 25.6 Å². The summed E-state index contributed by atoms with van der Waals surface area (Å²) in [6.07, 6.45) is -5.85. The minimum absolute atomic E-state index is 0.000146. The molecular weight excluding hydrogens is 1020 g/mol. The van der Waals surface area contributed by atoms with E-state index in [4.69, 9.17) is 30.4 Å². The summed E-state index contributed by atoms with van der Waals surface area (Å²) in [5.74, 6) is -3.94. The van der Waals surface area contributed by atoms with Crippen LogP contribution in [0, 0.1) is 5.41 Å². The maximum absolute atomic E-state index is 12.7. The number of hydrogen-bond donors (Lipinski definition) is 13. The maximum atomic E-state index is 12.7. The average Bonchev–Trinajstić information content (AvgIpc) is 3.81. The van der Waals surface area contributed by atoms with Gasteiger partial charge in [0, 0.05) is 42.9 Å². The third-order valence-electron chi connectivity index (χ3n) is 9.13. The molecule has 3 heterocycles. The van der Waals surface area contributed by atoms with Gasteiger partial charge in [0.25, 0.3) is 0 Å². The molecule has 4 amide bonds. The number of aliphatic hydroxyl groups is 2. The van der Waals surface area contributed by atoms with Gasteiger partial charge in [0.15, 0.2) is 17.7 Å². The minimum Gasteiger partial charge on any atom is -0.480 e. The number of imidazole rings is 1. The average molecular weight is 1070 g/mol. The van der Waals surface area contributed by atoms with Crippen LogP contribution < -0.4 is 32.7 Å². The van der Waals surface area contributed by atoms with Gasteiger partial charge in [-0.25, -0.2) is 28.6 Å². The number of nitrogens with two attached hydrogens (primary N) is 2. The fourth-order valence-corrected chi connectivity index (χ4v) is 9.83. The SMILES string of the molecule is CSC[C@H](NC(=O)CC[C@H](N)C(=O)SCCNC(=O)CCNC(=O)C(O)C(C)(C)COP(=O)(O)OP(=O)(O)OCC1OC(n2cnc3c(N)ncnc32)C(O)C1OP(=O)(O)O)C(=O)NCC(=O)O. The highest BCUT2D eigenvalue weighted by Gasteiger charge is 2.50. The van der Waals surface area contributed by atoms with Crippen molar-refractivity contribution in [1.29, 1.82) is 0 Å². The largest absolute Gasteiger partial charge is 0.481 e. The van der Waals surface area contributed by atoms with Crippen LogP contribution in [0.25, 0.3) is 11.2 Å². The molecule has 0 bridgehead atoms. The quantitative estimate of drug-likeness (QED) is 0.0282. The summed E-state index contributed by atoms with van der Waals surface area (Å²) < 4.78 is 62.2. The van der Waals surface area contributed by atoms with Crippen molar-refractivity contribution in [2.24, 2.45) is 11.1 Å². The highest BCUT2D eigenvalue weighted by Crippen LogP contribution is 2.61. The monoisotopic (exact) mass is 1070 g/mol. The van der Waals surface area contributed by atoms with Gasteiger partial charge in [-0.2, -0.15) is 16.1 Å². The van der Waals surface area contributed by atoms with Gasteiger partial charge in [0.1, 0.15) is 48.8 Å². The highest BCUT2D eigenvalue weighted by molar-refractivity contribution is 8.13. The summed E-state index contributed by atoms with van der Waals surface area (Å²) in [7, 11) is -16.5. The van der Waals surface area contributed by atoms with Gasteiger partial charge < -0.3 is 72.4 Å². The second-order valence-corrected chi connectivity index (χ2v) is 21.3. The molecule has 1 aliphatic heterocycles. The number of phosphoric acid groups is 3. The van der Waals surface area contributed by atoms with Crippen molar-refractivity contribution in [1.82, 2.24) is 40.8 Å². The van der Waals surface area contributed by atoms with Gasteiger partial charge >= 0.3 is 29.4 Å². The summed E-state index contributed by atoms with van der Waals surface area (Å²) >= 11 is 2.03. The van der Waals surface area contributed by atoms with Crippen molar-refractivity contribution in [2.75, 3.05) is 56.3 Å². The van der Waals surface area contributed by atoms with E-state index in [0.29, 0.717) is 0 Å². The zero-order valence-electron chi connectivity index (χ0n) is 36.2. The predicted octanol–water partition coefficient (Wildman–Crippen LogP) is -3.18. The zero-order chi connectivity index (χ0) is 51.2. The number of carbonyl (C=O) groups is 6. The van der Waals surface area contributed by atoms with E-state index in [0.717, 1.165) is 29.0 Å². The Labute approximate surface area is 394 Å². The number of anilines is 1. The van der Waals surface area contributed by atoms with E-state index >= 15 is 0 Å². The van der Waals surface area contributed by atoms with E-state index < -0.39 is 126 Å². The molecule has 7 unspecified atom stereocenters. The molecule has 68 heavy (non-hydrogen) atoms. The molecule has 15 N–H and O–H groups in total. The number of phosphoric ester groups is 3. The minimum atomic E-state index is -5.62. The Morgan fingerprint density at radius 1 is 0.956 bits per heavy atom. The molecule has 1 aliphatic rings. The number of hydrogen-bond acceptors (Lipinski definition) is 23. The van der Waals surface area contributed by atoms with Gasteiger partial charge in [0.2, 0.25) is 28.7 Å². The number of carbonyl (C=O) groups excluding carboxylic acids is 5. The molecule has 1 saturated heterocycles. The van der Waals surface area contributed by atoms with Crippen LogP contribution in [-0.4, -0.2) is 176 Å². The molecule has 1 fully saturated rings. The highest BCUT2D eigenvalue weighted by atomic mass is 32.2. The molecular formula is C32H53N10O21P3S2. The van der Waals surface area contributed by atoms with Crippen molar-refractivity contribution in [3.63, 3.8) is 0 Å². The van der Waals surface area contributed by atoms with E-state index in [2.05, 4.69) is 45.1 Å². The molecule has 2 aromatic rings. The number of amides is 4. The van der Waals surface area contributed by atoms with Crippen LogP contribution in [0.3, 0.4) is 0 Å². The summed E-state index contributed by atoms with van der Waals surface area (Å²) in [4.78, 5) is 124. The van der Waals surface area contributed by atoms with Crippen LogP contribution in [0.15, 0.2) is 12.7 Å². The molecule has 31 nitrogen and oxygen atoms in total. The van der Waals surface area contributed by atoms with E-state index in [9.17, 15) is 72.2 Å². The van der Waals surface area contributed by atoms with Gasteiger partial charge in [-0.15, -0.1) is 0 Å². The third kappa shape index (κ3) is 18.9. The van der Waals surface area contributed by atoms with Crippen LogP contribution in [0.2, 0.25) is 0 Å². The van der Waals surface area contributed by atoms with Crippen LogP contribution >= 0.6 is 47.0 Å². The van der Waals surface area contributed by atoms with E-state index in [1.54, 1.807) is 6.26 Å². The van der Waals surface area contributed by atoms with Gasteiger partial charge in [-0.05, 0) is 12.7 Å². The first-order valence-corrected chi connectivity index (χ1v) is 26.6. The number of thioether (sulfide) groups is 2. The number of ether oxygens (including phenoxy) is 1. The first-order valence-electron chi connectivity index (χ1n) is 19.6. The Morgan fingerprint density at radius 2 is 1.63 bits per heavy atom. The molecule has 2 aromatic heterocycles. The van der Waals surface area contributed by atoms with Crippen molar-refractivity contribution < 1.29 is 100.0 Å². The number of fused-ring (bicyclic) bond motifs is 1. The molecule has 9 atom stereocenters. The summed E-state index contributed by atoms with van der Waals surface area (Å²) in [5.41, 5.74) is 10.0. The molecule has 36 heteroatoms. The van der Waals surface area contributed by atoms with Gasteiger partial charge in [-0.3, -0.25) is 46.9 Å². The standard InChI is InChI=1S/C32H53N10O21P3S2/c1-32(2,25(48)29(50)36-7-6-19(43)35-8-9-68-31(51)16(33)4-5-20(44)41-17(12-67-3)28(49)37-10-21(45)46)13-60-66(57,58)63-65(55,56)59-11-18-24(62-64(52,53)54)23(47)30(61-18)42-15-40-22-26(34)38-14-39-27(22)42/h14-18,23-25,30,47-48H,4-13,33H2,1-3H3,(H,35,43)(H,36,50)(H,37,49)(H,41,44)(H,45,46)(H,55,56)(H,57,58)(H2,34,38,39)(H2,52,53,54)/t16-,17-,18?,23?,24?,25?,30?/m0/s1. The fourth-order valence-electron chi connectivity index (χ4n) is 5.70. The van der Waals surface area contributed by atoms with Crippen LogP contribution in [0.1, 0.15) is 39.3 Å². The molecule has 384 valence electrons. The lowest BCUT2D eigenvalue weighted by molar-refractivity contribution is -0.138. The lowest BCUT2D eigenvalue weighted by Gasteiger charge is -2.30. The van der Waals surface area contributed by atoms with Crippen molar-refractivity contribution in [3.8, 4) is 0 Å². The van der Waals surface area contributed by atoms with E-state index in [-0.39, 0.29) is 60.8 Å². The summed E-state index contributed by atoms with van der Waals surface area (Å²) in [5, 5.41) is 39.2. The molecule has 0 aromatic carbocycles. The maximum Gasteiger partial charge on any atom is 0.481 e. The summed E-state index contributed by atoms with van der Waals surface area (Å²) in [6.45, 7) is -0.619. The molecule has 3 rings (SSSR count). The number of aliphatic carboxylic acids is 1. The van der Waals surface area contributed by atoms with Crippen molar-refractivity contribution >= 4 is 98.7 Å². The Bertz CT molecular complexity index is 2260. The number of nitrogen functional groups attached to an aromatic ring is 1. The number of carboxylic acid groups (broad SMARTS) is 1. The van der Waals surface area contributed by atoms with Crippen LogP contribution in [0.4, 0.5) is 5.82 Å². The topological polar surface area (TPSA) is 485 Å². The molecule has 0 saturated carbocycles. The third-order valence-corrected chi connectivity index (χ3v) is 13.9. The Hall–Kier alpha value is -3.72. The number of rotatable bonds is 29. The Balaban J connectivity index is 1.39. The molecule has 0 spiro atoms. The van der Waals surface area contributed by atoms with E-state index in [1.807, 2.05) is 0 Å². The van der Waals surface area contributed by atoms with Crippen molar-refractivity contribution in [3.05, 3.63) is 12.7 Å². The van der Waals surface area contributed by atoms with Gasteiger partial charge in [-0.1, -0.05) is 25.6 Å². The number of nitrogens with one attached hydrogen (secondary N) is 4. The number of aromatic nitrogens is 4. The second-order valence-electron chi connectivity index (χ2n) is 15.1. The van der Waals surface area contributed by atoms with Crippen LogP contribution in [-0.2, 0) is 65.1 Å². The zero-order valence-corrected chi connectivity index (χ0v) is 40.5. The first-order chi connectivity index (χ1) is 31.6. The molecule has 0 aliphatic carbocycles. The normalized spacial score (nSPS) is 20.6. The van der Waals surface area contributed by atoms with E-state index in [1.165, 1.54) is 25.6 Å².